The second kappa shape index (κ2) is 5.03. The molecular formula is C12H16N4O2. The predicted octanol–water partition coefficient (Wildman–Crippen LogP) is 1.27. The van der Waals surface area contributed by atoms with Gasteiger partial charge in [0.15, 0.2) is 5.65 Å². The minimum absolute atomic E-state index is 0.0780. The molecule has 0 aliphatic heterocycles. The van der Waals surface area contributed by atoms with Crippen molar-refractivity contribution in [1.82, 2.24) is 19.9 Å². The number of hydrogen-bond acceptors (Lipinski definition) is 4. The number of imidazole rings is 1. The highest BCUT2D eigenvalue weighted by Gasteiger charge is 2.12. The van der Waals surface area contributed by atoms with E-state index in [4.69, 9.17) is 4.74 Å². The van der Waals surface area contributed by atoms with Gasteiger partial charge < -0.3 is 10.1 Å². The van der Waals surface area contributed by atoms with E-state index in [1.807, 2.05) is 20.8 Å². The van der Waals surface area contributed by atoms with Gasteiger partial charge in [0.05, 0.1) is 12.8 Å². The molecule has 18 heavy (non-hydrogen) atoms. The van der Waals surface area contributed by atoms with Crippen LogP contribution in [0.5, 0.6) is 5.88 Å². The minimum Gasteiger partial charge on any atom is -0.477 e. The lowest BCUT2D eigenvalue weighted by atomic mass is 10.3. The second-order valence-electron chi connectivity index (χ2n) is 4.16. The van der Waals surface area contributed by atoms with Crippen molar-refractivity contribution in [1.29, 1.82) is 0 Å². The summed E-state index contributed by atoms with van der Waals surface area (Å²) in [6, 6.07) is 3.58. The van der Waals surface area contributed by atoms with Gasteiger partial charge in [-0.15, -0.1) is 5.10 Å². The van der Waals surface area contributed by atoms with Gasteiger partial charge in [-0.05, 0) is 26.8 Å². The fourth-order valence-corrected chi connectivity index (χ4v) is 1.53. The second-order valence-corrected chi connectivity index (χ2v) is 4.16. The number of ether oxygens (including phenoxy) is 1. The number of rotatable bonds is 4. The quantitative estimate of drug-likeness (QED) is 0.884. The zero-order chi connectivity index (χ0) is 13.1. The van der Waals surface area contributed by atoms with E-state index in [0.717, 1.165) is 0 Å². The molecule has 6 nitrogen and oxygen atoms in total. The van der Waals surface area contributed by atoms with Gasteiger partial charge in [0, 0.05) is 12.1 Å². The normalized spacial score (nSPS) is 10.9. The first kappa shape index (κ1) is 12.3. The number of amides is 1. The molecular weight excluding hydrogens is 232 g/mol. The van der Waals surface area contributed by atoms with Crippen LogP contribution in [0.2, 0.25) is 0 Å². The van der Waals surface area contributed by atoms with E-state index in [1.165, 1.54) is 0 Å². The van der Waals surface area contributed by atoms with Crippen LogP contribution in [-0.4, -0.2) is 33.2 Å². The highest BCUT2D eigenvalue weighted by Crippen LogP contribution is 2.09. The van der Waals surface area contributed by atoms with E-state index in [9.17, 15) is 4.79 Å². The molecule has 0 spiro atoms. The molecule has 96 valence electrons. The number of hydrogen-bond donors (Lipinski definition) is 1. The first-order valence-corrected chi connectivity index (χ1v) is 5.90. The number of carbonyl (C=O) groups excluding carboxylic acids is 1. The predicted molar refractivity (Wildman–Crippen MR) is 66.8 cm³/mol. The Morgan fingerprint density at radius 3 is 2.94 bits per heavy atom. The van der Waals surface area contributed by atoms with Crippen LogP contribution in [0.3, 0.4) is 0 Å². The topological polar surface area (TPSA) is 68.5 Å². The molecule has 0 bridgehead atoms. The van der Waals surface area contributed by atoms with E-state index >= 15 is 0 Å². The Kier molecular flexibility index (Phi) is 3.45. The van der Waals surface area contributed by atoms with E-state index in [1.54, 1.807) is 22.8 Å². The maximum Gasteiger partial charge on any atom is 0.271 e. The largest absolute Gasteiger partial charge is 0.477 e. The van der Waals surface area contributed by atoms with Gasteiger partial charge in [0.1, 0.15) is 5.69 Å². The molecule has 0 saturated heterocycles. The van der Waals surface area contributed by atoms with Gasteiger partial charge in [0.2, 0.25) is 5.88 Å². The van der Waals surface area contributed by atoms with Crippen LogP contribution in [-0.2, 0) is 0 Å². The highest BCUT2D eigenvalue weighted by molar-refractivity contribution is 5.92. The lowest BCUT2D eigenvalue weighted by Gasteiger charge is -2.04. The van der Waals surface area contributed by atoms with Crippen LogP contribution in [0.25, 0.3) is 5.65 Å². The number of nitrogens with zero attached hydrogens (tertiary/aromatic N) is 3. The lowest BCUT2D eigenvalue weighted by Crippen LogP contribution is -2.30. The molecule has 0 aliphatic carbocycles. The first-order valence-electron chi connectivity index (χ1n) is 5.90. The smallest absolute Gasteiger partial charge is 0.271 e. The zero-order valence-corrected chi connectivity index (χ0v) is 10.7. The molecule has 0 atom stereocenters. The van der Waals surface area contributed by atoms with Crippen LogP contribution < -0.4 is 10.1 Å². The summed E-state index contributed by atoms with van der Waals surface area (Å²) in [6.07, 6.45) is 1.59. The molecule has 1 N–H and O–H groups in total. The number of carbonyl (C=O) groups is 1. The summed E-state index contributed by atoms with van der Waals surface area (Å²) in [5.41, 5.74) is 0.970. The third-order valence-electron chi connectivity index (χ3n) is 2.24. The van der Waals surface area contributed by atoms with Gasteiger partial charge in [-0.3, -0.25) is 4.79 Å². The van der Waals surface area contributed by atoms with Crippen molar-refractivity contribution in [3.63, 3.8) is 0 Å². The van der Waals surface area contributed by atoms with Crippen LogP contribution in [0, 0.1) is 0 Å². The Morgan fingerprint density at radius 1 is 1.50 bits per heavy atom. The maximum absolute atomic E-state index is 11.8. The SMILES string of the molecule is CCOc1ccc2nc(C(=O)NC(C)C)cn2n1. The van der Waals surface area contributed by atoms with Crippen molar-refractivity contribution < 1.29 is 9.53 Å². The van der Waals surface area contributed by atoms with Crippen molar-refractivity contribution in [2.24, 2.45) is 0 Å². The molecule has 0 unspecified atom stereocenters. The Bertz CT molecular complexity index is 562. The standard InChI is InChI=1S/C12H16N4O2/c1-4-18-11-6-5-10-14-9(7-16(10)15-11)12(17)13-8(2)3/h5-8H,4H2,1-3H3,(H,13,17). The summed E-state index contributed by atoms with van der Waals surface area (Å²) in [6.45, 7) is 6.24. The van der Waals surface area contributed by atoms with Gasteiger partial charge in [-0.2, -0.15) is 0 Å². The van der Waals surface area contributed by atoms with E-state index in [2.05, 4.69) is 15.4 Å². The summed E-state index contributed by atoms with van der Waals surface area (Å²) < 4.78 is 6.83. The third-order valence-corrected chi connectivity index (χ3v) is 2.24. The van der Waals surface area contributed by atoms with E-state index < -0.39 is 0 Å². The molecule has 0 radical (unpaired) electrons. The first-order chi connectivity index (χ1) is 8.60. The van der Waals surface area contributed by atoms with Gasteiger partial charge in [-0.25, -0.2) is 9.50 Å². The molecule has 0 saturated carbocycles. The van der Waals surface area contributed by atoms with E-state index in [-0.39, 0.29) is 11.9 Å². The molecule has 6 heteroatoms. The van der Waals surface area contributed by atoms with Crippen LogP contribution in [0.4, 0.5) is 0 Å². The number of nitrogens with one attached hydrogen (secondary N) is 1. The van der Waals surface area contributed by atoms with E-state index in [0.29, 0.717) is 23.8 Å². The third kappa shape index (κ3) is 2.58. The monoisotopic (exact) mass is 248 g/mol. The summed E-state index contributed by atoms with van der Waals surface area (Å²) in [5, 5.41) is 6.99. The summed E-state index contributed by atoms with van der Waals surface area (Å²) in [7, 11) is 0. The van der Waals surface area contributed by atoms with Gasteiger partial charge in [0.25, 0.3) is 5.91 Å². The Balaban J connectivity index is 2.29. The highest BCUT2D eigenvalue weighted by atomic mass is 16.5. The average molecular weight is 248 g/mol. The number of fused-ring (bicyclic) bond motifs is 1. The molecule has 2 heterocycles. The van der Waals surface area contributed by atoms with Crippen molar-refractivity contribution >= 4 is 11.6 Å². The van der Waals surface area contributed by atoms with Crippen LogP contribution in [0.1, 0.15) is 31.3 Å². The molecule has 0 aromatic carbocycles. The molecule has 1 amide bonds. The van der Waals surface area contributed by atoms with Crippen LogP contribution in [0.15, 0.2) is 18.3 Å². The summed E-state index contributed by atoms with van der Waals surface area (Å²) >= 11 is 0. The molecule has 2 rings (SSSR count). The Hall–Kier alpha value is -2.11. The lowest BCUT2D eigenvalue weighted by molar-refractivity contribution is 0.0938. The fourth-order valence-electron chi connectivity index (χ4n) is 1.53. The van der Waals surface area contributed by atoms with Crippen molar-refractivity contribution in [3.05, 3.63) is 24.0 Å². The van der Waals surface area contributed by atoms with Crippen LogP contribution >= 0.6 is 0 Å². The van der Waals surface area contributed by atoms with Gasteiger partial charge >= 0.3 is 0 Å². The molecule has 2 aromatic rings. The number of aromatic nitrogens is 3. The Labute approximate surface area is 105 Å². The fraction of sp³-hybridized carbons (Fsp3) is 0.417. The zero-order valence-electron chi connectivity index (χ0n) is 10.7. The minimum atomic E-state index is -0.201. The van der Waals surface area contributed by atoms with Crippen molar-refractivity contribution in [3.8, 4) is 5.88 Å². The van der Waals surface area contributed by atoms with Crippen molar-refractivity contribution in [2.45, 2.75) is 26.8 Å². The molecule has 2 aromatic heterocycles. The summed E-state index contributed by atoms with van der Waals surface area (Å²) in [5.74, 6) is 0.312. The maximum atomic E-state index is 11.8. The molecule has 0 aliphatic rings. The average Bonchev–Trinajstić information content (AvgIpc) is 2.71. The Morgan fingerprint density at radius 2 is 2.28 bits per heavy atom. The summed E-state index contributed by atoms with van der Waals surface area (Å²) in [4.78, 5) is 16.0. The van der Waals surface area contributed by atoms with Crippen molar-refractivity contribution in [2.75, 3.05) is 6.61 Å². The molecule has 0 fully saturated rings. The van der Waals surface area contributed by atoms with Gasteiger partial charge in [-0.1, -0.05) is 0 Å².